The van der Waals surface area contributed by atoms with Crippen LogP contribution in [0, 0.1) is 0 Å². The monoisotopic (exact) mass is 307 g/mol. The van der Waals surface area contributed by atoms with Gasteiger partial charge in [0, 0.05) is 5.56 Å². The van der Waals surface area contributed by atoms with Crippen molar-refractivity contribution < 1.29 is 33.4 Å². The number of carbonyl (C=O) groups excluding carboxylic acids is 2. The molecule has 8 heteroatoms. The fourth-order valence-corrected chi connectivity index (χ4v) is 2.45. The number of ether oxygens (including phenoxy) is 4. The van der Waals surface area contributed by atoms with E-state index in [9.17, 15) is 9.59 Å². The van der Waals surface area contributed by atoms with Crippen molar-refractivity contribution in [3.8, 4) is 11.5 Å². The lowest BCUT2D eigenvalue weighted by Crippen LogP contribution is -2.33. The Balaban J connectivity index is 2.06. The smallest absolute Gasteiger partial charge is 0.356 e. The molecule has 1 aromatic rings. The highest BCUT2D eigenvalue weighted by molar-refractivity contribution is 6.39. The van der Waals surface area contributed by atoms with Gasteiger partial charge in [0.25, 0.3) is 0 Å². The lowest BCUT2D eigenvalue weighted by atomic mass is 9.88. The van der Waals surface area contributed by atoms with Gasteiger partial charge in [-0.25, -0.2) is 9.59 Å². The maximum atomic E-state index is 11.9. The summed E-state index contributed by atoms with van der Waals surface area (Å²) in [6, 6.07) is 5.16. The minimum Gasteiger partial charge on any atom is -0.466 e. The van der Waals surface area contributed by atoms with Gasteiger partial charge in [0.1, 0.15) is 0 Å². The Morgan fingerprint density at radius 3 is 2.77 bits per heavy atom. The van der Waals surface area contributed by atoms with Crippen molar-refractivity contribution in [2.75, 3.05) is 21.0 Å². The average molecular weight is 307 g/mol. The van der Waals surface area contributed by atoms with Crippen LogP contribution in [0.25, 0.3) is 0 Å². The van der Waals surface area contributed by atoms with Gasteiger partial charge in [-0.2, -0.15) is 0 Å². The number of fused-ring (bicyclic) bond motifs is 1. The van der Waals surface area contributed by atoms with Gasteiger partial charge in [-0.3, -0.25) is 0 Å². The first-order valence-electron chi connectivity index (χ1n) is 6.45. The molecule has 8 nitrogen and oxygen atoms in total. The first-order chi connectivity index (χ1) is 10.7. The maximum Gasteiger partial charge on any atom is 0.356 e. The van der Waals surface area contributed by atoms with Crippen LogP contribution < -0.4 is 9.47 Å². The topological polar surface area (TPSA) is 92.7 Å². The summed E-state index contributed by atoms with van der Waals surface area (Å²) in [4.78, 5) is 28.9. The summed E-state index contributed by atoms with van der Waals surface area (Å²) in [6.45, 7) is 0.0630. The zero-order valence-corrected chi connectivity index (χ0v) is 11.9. The van der Waals surface area contributed by atoms with Crippen LogP contribution >= 0.6 is 0 Å². The highest BCUT2D eigenvalue weighted by Gasteiger charge is 2.47. The zero-order valence-electron chi connectivity index (χ0n) is 11.9. The van der Waals surface area contributed by atoms with Crippen LogP contribution in [0.15, 0.2) is 23.4 Å². The van der Waals surface area contributed by atoms with Crippen LogP contribution in [0.5, 0.6) is 11.5 Å². The third-order valence-electron chi connectivity index (χ3n) is 3.45. The number of methoxy groups -OCH3 is 2. The quantitative estimate of drug-likeness (QED) is 0.755. The Labute approximate surface area is 125 Å². The molecule has 116 valence electrons. The molecule has 0 fully saturated rings. The van der Waals surface area contributed by atoms with E-state index in [1.54, 1.807) is 18.2 Å². The van der Waals surface area contributed by atoms with Gasteiger partial charge in [0.2, 0.25) is 12.9 Å². The Kier molecular flexibility index (Phi) is 3.58. The van der Waals surface area contributed by atoms with E-state index in [-0.39, 0.29) is 12.5 Å². The van der Waals surface area contributed by atoms with Crippen molar-refractivity contribution in [3.05, 3.63) is 23.8 Å². The van der Waals surface area contributed by atoms with Crippen LogP contribution in [0.4, 0.5) is 0 Å². The van der Waals surface area contributed by atoms with Crippen molar-refractivity contribution in [3.63, 3.8) is 0 Å². The highest BCUT2D eigenvalue weighted by Crippen LogP contribution is 2.43. The molecule has 22 heavy (non-hydrogen) atoms. The molecule has 2 heterocycles. The van der Waals surface area contributed by atoms with E-state index in [1.807, 2.05) is 0 Å². The minimum absolute atomic E-state index is 0.0261. The van der Waals surface area contributed by atoms with Crippen LogP contribution in [0.2, 0.25) is 0 Å². The Morgan fingerprint density at radius 1 is 1.23 bits per heavy atom. The number of benzene rings is 1. The van der Waals surface area contributed by atoms with E-state index in [0.717, 1.165) is 0 Å². The lowest BCUT2D eigenvalue weighted by molar-refractivity contribution is -0.153. The number of esters is 2. The van der Waals surface area contributed by atoms with Gasteiger partial charge in [0.15, 0.2) is 17.2 Å². The molecular formula is C14H13NO7. The van der Waals surface area contributed by atoms with E-state index in [0.29, 0.717) is 17.1 Å². The summed E-state index contributed by atoms with van der Waals surface area (Å²) in [7, 11) is 2.45. The van der Waals surface area contributed by atoms with Gasteiger partial charge in [-0.05, 0) is 6.07 Å². The van der Waals surface area contributed by atoms with Gasteiger partial charge >= 0.3 is 11.9 Å². The summed E-state index contributed by atoms with van der Waals surface area (Å²) in [5, 5.41) is 3.69. The molecule has 2 unspecified atom stereocenters. The van der Waals surface area contributed by atoms with Gasteiger partial charge in [-0.15, -0.1) is 0 Å². The summed E-state index contributed by atoms with van der Waals surface area (Å²) in [6.07, 6.45) is -1.09. The van der Waals surface area contributed by atoms with Crippen LogP contribution in [-0.4, -0.2) is 44.8 Å². The lowest BCUT2D eigenvalue weighted by Gasteiger charge is -2.17. The Hall–Kier alpha value is -2.77. The molecule has 0 saturated carbocycles. The largest absolute Gasteiger partial charge is 0.466 e. The standard InChI is InChI=1S/C14H13NO7/c1-18-13(16)10-9(12(22-15-10)14(17)19-2)7-4-3-5-8-11(7)21-6-20-8/h3-5,9,12H,6H2,1-2H3. The van der Waals surface area contributed by atoms with Crippen molar-refractivity contribution >= 4 is 17.7 Å². The summed E-state index contributed by atoms with van der Waals surface area (Å²) < 4.78 is 20.1. The van der Waals surface area contributed by atoms with Crippen LogP contribution in [-0.2, 0) is 23.9 Å². The maximum absolute atomic E-state index is 11.9. The molecule has 2 aliphatic rings. The molecule has 1 aromatic carbocycles. The van der Waals surface area contributed by atoms with E-state index in [1.165, 1.54) is 14.2 Å². The SMILES string of the molecule is COC(=O)C1=NOC(C(=O)OC)C1c1cccc2c1OCO2. The van der Waals surface area contributed by atoms with Gasteiger partial charge in [0.05, 0.1) is 20.1 Å². The molecule has 0 radical (unpaired) electrons. The van der Waals surface area contributed by atoms with Crippen molar-refractivity contribution in [1.82, 2.24) is 0 Å². The molecule has 3 rings (SSSR count). The number of oxime groups is 1. The Bertz CT molecular complexity index is 655. The van der Waals surface area contributed by atoms with Crippen molar-refractivity contribution in [2.45, 2.75) is 12.0 Å². The predicted molar refractivity (Wildman–Crippen MR) is 71.6 cm³/mol. The first kappa shape index (κ1) is 14.2. The predicted octanol–water partition coefficient (Wildman–Crippen LogP) is 0.600. The number of nitrogens with zero attached hydrogens (tertiary/aromatic N) is 1. The molecule has 2 atom stereocenters. The zero-order chi connectivity index (χ0) is 15.7. The fourth-order valence-electron chi connectivity index (χ4n) is 2.45. The highest BCUT2D eigenvalue weighted by atomic mass is 16.7. The summed E-state index contributed by atoms with van der Waals surface area (Å²) >= 11 is 0. The van der Waals surface area contributed by atoms with Gasteiger partial charge < -0.3 is 23.8 Å². The van der Waals surface area contributed by atoms with Crippen molar-refractivity contribution in [1.29, 1.82) is 0 Å². The number of para-hydroxylation sites is 1. The number of rotatable bonds is 3. The van der Waals surface area contributed by atoms with Gasteiger partial charge in [-0.1, -0.05) is 17.3 Å². The second-order valence-electron chi connectivity index (χ2n) is 4.58. The molecule has 0 amide bonds. The summed E-state index contributed by atoms with van der Waals surface area (Å²) in [5.74, 6) is -1.16. The molecule has 0 aliphatic carbocycles. The van der Waals surface area contributed by atoms with E-state index in [4.69, 9.17) is 23.8 Å². The molecule has 0 saturated heterocycles. The Morgan fingerprint density at radius 2 is 2.05 bits per heavy atom. The number of hydrogen-bond donors (Lipinski definition) is 0. The molecule has 2 aliphatic heterocycles. The molecule has 0 spiro atoms. The summed E-state index contributed by atoms with van der Waals surface area (Å²) in [5.41, 5.74) is 0.522. The van der Waals surface area contributed by atoms with E-state index in [2.05, 4.69) is 5.16 Å². The third-order valence-corrected chi connectivity index (χ3v) is 3.45. The number of hydrogen-bond acceptors (Lipinski definition) is 8. The van der Waals surface area contributed by atoms with E-state index < -0.39 is 24.0 Å². The van der Waals surface area contributed by atoms with Crippen LogP contribution in [0.3, 0.4) is 0 Å². The minimum atomic E-state index is -1.09. The third kappa shape index (κ3) is 2.12. The number of carbonyl (C=O) groups is 2. The second kappa shape index (κ2) is 5.55. The fraction of sp³-hybridized carbons (Fsp3) is 0.357. The van der Waals surface area contributed by atoms with E-state index >= 15 is 0 Å². The molecule has 0 bridgehead atoms. The molecule has 0 N–H and O–H groups in total. The molecular weight excluding hydrogens is 294 g/mol. The molecule has 0 aromatic heterocycles. The van der Waals surface area contributed by atoms with Crippen LogP contribution in [0.1, 0.15) is 11.5 Å². The normalized spacial score (nSPS) is 21.8. The van der Waals surface area contributed by atoms with Crippen molar-refractivity contribution in [2.24, 2.45) is 5.16 Å². The first-order valence-corrected chi connectivity index (χ1v) is 6.45. The second-order valence-corrected chi connectivity index (χ2v) is 4.58. The average Bonchev–Trinajstić information content (AvgIpc) is 3.19.